The van der Waals surface area contributed by atoms with Gasteiger partial charge in [0.15, 0.2) is 0 Å². The number of anilines is 1. The zero-order valence-corrected chi connectivity index (χ0v) is 13.2. The van der Waals surface area contributed by atoms with Crippen molar-refractivity contribution in [3.05, 3.63) is 35.5 Å². The molecular weight excluding hydrogens is 292 g/mol. The second kappa shape index (κ2) is 5.64. The summed E-state index contributed by atoms with van der Waals surface area (Å²) >= 11 is 0. The molecule has 120 valence electrons. The Balaban J connectivity index is 1.59. The van der Waals surface area contributed by atoms with Crippen LogP contribution >= 0.6 is 0 Å². The number of carbonyl (C=O) groups is 1. The monoisotopic (exact) mass is 312 g/mol. The van der Waals surface area contributed by atoms with Gasteiger partial charge in [-0.3, -0.25) is 9.89 Å². The number of hydrogen-bond acceptors (Lipinski definition) is 5. The summed E-state index contributed by atoms with van der Waals surface area (Å²) in [5, 5.41) is 6.60. The fourth-order valence-corrected chi connectivity index (χ4v) is 3.32. The van der Waals surface area contributed by atoms with Crippen molar-refractivity contribution in [2.24, 2.45) is 0 Å². The van der Waals surface area contributed by atoms with Crippen LogP contribution in [0.4, 0.5) is 5.82 Å². The van der Waals surface area contributed by atoms with Gasteiger partial charge in [0.25, 0.3) is 5.91 Å². The minimum absolute atomic E-state index is 0.0160. The predicted molar refractivity (Wildman–Crippen MR) is 85.2 cm³/mol. The van der Waals surface area contributed by atoms with Crippen LogP contribution in [0, 0.1) is 6.92 Å². The van der Waals surface area contributed by atoms with Crippen LogP contribution in [0.1, 0.15) is 47.3 Å². The van der Waals surface area contributed by atoms with E-state index >= 15 is 0 Å². The summed E-state index contributed by atoms with van der Waals surface area (Å²) in [6, 6.07) is 3.79. The molecule has 2 aliphatic heterocycles. The maximum absolute atomic E-state index is 12.5. The van der Waals surface area contributed by atoms with E-state index in [0.717, 1.165) is 43.4 Å². The van der Waals surface area contributed by atoms with Crippen LogP contribution in [0.25, 0.3) is 0 Å². The number of hydrogen-bond donors (Lipinski definition) is 1. The van der Waals surface area contributed by atoms with E-state index in [1.54, 1.807) is 12.3 Å². The molecule has 1 amide bonds. The Bertz CT molecular complexity index is 707. The largest absolute Gasteiger partial charge is 0.357 e. The lowest BCUT2D eigenvalue weighted by molar-refractivity contribution is 0.0444. The first-order valence-electron chi connectivity index (χ1n) is 8.13. The summed E-state index contributed by atoms with van der Waals surface area (Å²) in [4.78, 5) is 25.8. The van der Waals surface area contributed by atoms with Crippen molar-refractivity contribution in [2.75, 3.05) is 24.5 Å². The van der Waals surface area contributed by atoms with Crippen molar-refractivity contribution in [3.8, 4) is 0 Å². The third kappa shape index (κ3) is 2.56. The summed E-state index contributed by atoms with van der Waals surface area (Å²) in [5.74, 6) is 1.74. The summed E-state index contributed by atoms with van der Waals surface area (Å²) in [5.41, 5.74) is 1.47. The number of aromatic amines is 1. The molecular formula is C16H20N6O. The van der Waals surface area contributed by atoms with Crippen LogP contribution < -0.4 is 4.90 Å². The molecule has 4 rings (SSSR count). The molecule has 0 bridgehead atoms. The highest BCUT2D eigenvalue weighted by atomic mass is 16.2. The quantitative estimate of drug-likeness (QED) is 0.933. The normalized spacial score (nSPS) is 20.7. The molecule has 0 spiro atoms. The molecule has 7 heteroatoms. The van der Waals surface area contributed by atoms with Crippen LogP contribution in [0.5, 0.6) is 0 Å². The predicted octanol–water partition coefficient (Wildman–Crippen LogP) is 1.70. The van der Waals surface area contributed by atoms with Crippen molar-refractivity contribution in [3.63, 3.8) is 0 Å². The van der Waals surface area contributed by atoms with Gasteiger partial charge in [0, 0.05) is 31.9 Å². The Morgan fingerprint density at radius 1 is 1.26 bits per heavy atom. The number of carbonyl (C=O) groups excluding carboxylic acids is 1. The number of rotatable bonds is 3. The number of H-pyrrole nitrogens is 1. The molecule has 0 radical (unpaired) electrons. The molecule has 2 fully saturated rings. The van der Waals surface area contributed by atoms with E-state index in [2.05, 4.69) is 31.1 Å². The number of amides is 1. The topological polar surface area (TPSA) is 78.0 Å². The zero-order chi connectivity index (χ0) is 15.8. The summed E-state index contributed by atoms with van der Waals surface area (Å²) in [6.45, 7) is 4.78. The molecule has 4 heterocycles. The van der Waals surface area contributed by atoms with E-state index in [4.69, 9.17) is 0 Å². The molecule has 7 nitrogen and oxygen atoms in total. The standard InChI is InChI=1S/C16H20N6O/c1-11-18-13(10-15(19-11)21-7-2-3-8-21)14-5-9-22(14)16(23)12-4-6-17-20-12/h4,6,10,14H,2-3,5,7-9H2,1H3,(H,17,20)/t14-/m0/s1. The van der Waals surface area contributed by atoms with Crippen molar-refractivity contribution < 1.29 is 4.79 Å². The molecule has 23 heavy (non-hydrogen) atoms. The van der Waals surface area contributed by atoms with Crippen LogP contribution in [0.2, 0.25) is 0 Å². The lowest BCUT2D eigenvalue weighted by Gasteiger charge is -2.40. The SMILES string of the molecule is Cc1nc([C@@H]2CCN2C(=O)c2ccn[nH]2)cc(N2CCCC2)n1. The van der Waals surface area contributed by atoms with Crippen molar-refractivity contribution >= 4 is 11.7 Å². The van der Waals surface area contributed by atoms with Gasteiger partial charge in [-0.25, -0.2) is 9.97 Å². The lowest BCUT2D eigenvalue weighted by atomic mass is 9.98. The molecule has 2 aromatic rings. The first-order chi connectivity index (χ1) is 11.2. The Labute approximate surface area is 134 Å². The van der Waals surface area contributed by atoms with E-state index in [1.807, 2.05) is 11.8 Å². The van der Waals surface area contributed by atoms with Crippen LogP contribution in [0.15, 0.2) is 18.3 Å². The zero-order valence-electron chi connectivity index (χ0n) is 13.2. The van der Waals surface area contributed by atoms with E-state index in [1.165, 1.54) is 12.8 Å². The molecule has 0 aliphatic carbocycles. The molecule has 1 N–H and O–H groups in total. The highest BCUT2D eigenvalue weighted by Gasteiger charge is 2.36. The Hall–Kier alpha value is -2.44. The number of likely N-dealkylation sites (tertiary alicyclic amines) is 1. The van der Waals surface area contributed by atoms with Gasteiger partial charge < -0.3 is 9.80 Å². The van der Waals surface area contributed by atoms with Gasteiger partial charge in [-0.15, -0.1) is 0 Å². The average Bonchev–Trinajstić information content (AvgIpc) is 3.19. The maximum Gasteiger partial charge on any atom is 0.272 e. The smallest absolute Gasteiger partial charge is 0.272 e. The van der Waals surface area contributed by atoms with Gasteiger partial charge in [-0.2, -0.15) is 5.10 Å². The highest BCUT2D eigenvalue weighted by Crippen LogP contribution is 2.34. The summed E-state index contributed by atoms with van der Waals surface area (Å²) < 4.78 is 0. The number of nitrogens with one attached hydrogen (secondary N) is 1. The van der Waals surface area contributed by atoms with E-state index in [-0.39, 0.29) is 11.9 Å². The van der Waals surface area contributed by atoms with Crippen LogP contribution in [-0.2, 0) is 0 Å². The molecule has 0 aromatic carbocycles. The number of aryl methyl sites for hydroxylation is 1. The number of aromatic nitrogens is 4. The Kier molecular flexibility index (Phi) is 3.48. The van der Waals surface area contributed by atoms with Gasteiger partial charge in [-0.05, 0) is 32.3 Å². The second-order valence-corrected chi connectivity index (χ2v) is 6.17. The average molecular weight is 312 g/mol. The first-order valence-corrected chi connectivity index (χ1v) is 8.13. The molecule has 1 atom stereocenters. The minimum atomic E-state index is -0.0160. The van der Waals surface area contributed by atoms with E-state index in [9.17, 15) is 4.79 Å². The van der Waals surface area contributed by atoms with Gasteiger partial charge in [0.05, 0.1) is 11.7 Å². The van der Waals surface area contributed by atoms with Crippen LogP contribution in [-0.4, -0.2) is 50.6 Å². The van der Waals surface area contributed by atoms with E-state index < -0.39 is 0 Å². The fraction of sp³-hybridized carbons (Fsp3) is 0.500. The van der Waals surface area contributed by atoms with Crippen LogP contribution in [0.3, 0.4) is 0 Å². The van der Waals surface area contributed by atoms with Gasteiger partial charge in [0.1, 0.15) is 17.3 Å². The lowest BCUT2D eigenvalue weighted by Crippen LogP contribution is -2.45. The van der Waals surface area contributed by atoms with Gasteiger partial charge >= 0.3 is 0 Å². The third-order valence-electron chi connectivity index (χ3n) is 4.63. The highest BCUT2D eigenvalue weighted by molar-refractivity contribution is 5.93. The molecule has 0 unspecified atom stereocenters. The second-order valence-electron chi connectivity index (χ2n) is 6.17. The molecule has 2 aliphatic rings. The third-order valence-corrected chi connectivity index (χ3v) is 4.63. The van der Waals surface area contributed by atoms with E-state index in [0.29, 0.717) is 5.69 Å². The van der Waals surface area contributed by atoms with Crippen molar-refractivity contribution in [1.82, 2.24) is 25.1 Å². The number of nitrogens with zero attached hydrogens (tertiary/aromatic N) is 5. The molecule has 2 saturated heterocycles. The van der Waals surface area contributed by atoms with Gasteiger partial charge in [-0.1, -0.05) is 0 Å². The summed E-state index contributed by atoms with van der Waals surface area (Å²) in [7, 11) is 0. The Morgan fingerprint density at radius 2 is 2.09 bits per heavy atom. The van der Waals surface area contributed by atoms with Crippen molar-refractivity contribution in [2.45, 2.75) is 32.2 Å². The Morgan fingerprint density at radius 3 is 2.74 bits per heavy atom. The van der Waals surface area contributed by atoms with Gasteiger partial charge in [0.2, 0.25) is 0 Å². The molecule has 2 aromatic heterocycles. The first kappa shape index (κ1) is 14.2. The summed E-state index contributed by atoms with van der Waals surface area (Å²) in [6.07, 6.45) is 4.97. The fourth-order valence-electron chi connectivity index (χ4n) is 3.32. The van der Waals surface area contributed by atoms with Crippen molar-refractivity contribution in [1.29, 1.82) is 0 Å². The minimum Gasteiger partial charge on any atom is -0.357 e. The molecule has 0 saturated carbocycles. The maximum atomic E-state index is 12.5.